The summed E-state index contributed by atoms with van der Waals surface area (Å²) < 4.78 is 0.761. The number of guanidine groups is 1. The highest BCUT2D eigenvalue weighted by atomic mass is 79.9. The van der Waals surface area contributed by atoms with E-state index in [2.05, 4.69) is 42.2 Å². The second kappa shape index (κ2) is 12.3. The maximum Gasteiger partial charge on any atom is 0.305 e. The van der Waals surface area contributed by atoms with Crippen LogP contribution in [0.3, 0.4) is 0 Å². The number of hydrogen-bond acceptors (Lipinski definition) is 8. The van der Waals surface area contributed by atoms with Crippen molar-refractivity contribution in [1.29, 1.82) is 0 Å². The number of aliphatic carboxylic acids is 1. The molecule has 1 aliphatic rings. The first-order chi connectivity index (χ1) is 17.8. The predicted molar refractivity (Wildman–Crippen MR) is 146 cm³/mol. The summed E-state index contributed by atoms with van der Waals surface area (Å²) >= 11 is 3.46. The summed E-state index contributed by atoms with van der Waals surface area (Å²) in [5.41, 5.74) is 1.88. The molecule has 0 saturated heterocycles. The van der Waals surface area contributed by atoms with Crippen molar-refractivity contribution in [3.63, 3.8) is 0 Å². The zero-order chi connectivity index (χ0) is 28.0. The summed E-state index contributed by atoms with van der Waals surface area (Å²) in [6.45, 7) is 6.23. The lowest BCUT2D eigenvalue weighted by Crippen LogP contribution is -2.42. The number of hydrogen-bond donors (Lipinski definition) is 7. The number of halogens is 1. The maximum absolute atomic E-state index is 12.7. The van der Waals surface area contributed by atoms with E-state index in [-0.39, 0.29) is 29.7 Å². The Morgan fingerprint density at radius 2 is 1.89 bits per heavy atom. The van der Waals surface area contributed by atoms with Gasteiger partial charge in [0, 0.05) is 28.3 Å². The minimum atomic E-state index is -1.08. The highest BCUT2D eigenvalue weighted by molar-refractivity contribution is 9.10. The molecule has 0 spiro atoms. The molecule has 204 valence electrons. The van der Waals surface area contributed by atoms with Gasteiger partial charge in [0.15, 0.2) is 5.96 Å². The Morgan fingerprint density at radius 1 is 1.16 bits per heavy atom. The van der Waals surface area contributed by atoms with Gasteiger partial charge < -0.3 is 36.6 Å². The number of anilines is 1. The summed E-state index contributed by atoms with van der Waals surface area (Å²) in [6.07, 6.45) is -0.924. The Morgan fingerprint density at radius 3 is 2.53 bits per heavy atom. The van der Waals surface area contributed by atoms with Crippen molar-refractivity contribution in [3.8, 4) is 5.75 Å². The van der Waals surface area contributed by atoms with Gasteiger partial charge in [0.25, 0.3) is 5.91 Å². The van der Waals surface area contributed by atoms with Gasteiger partial charge in [-0.2, -0.15) is 0 Å². The fourth-order valence-electron chi connectivity index (χ4n) is 3.75. The van der Waals surface area contributed by atoms with Crippen molar-refractivity contribution < 1.29 is 29.7 Å². The summed E-state index contributed by atoms with van der Waals surface area (Å²) in [6, 6.07) is 8.89. The number of nitrogens with one attached hydrogen (secondary N) is 4. The molecule has 0 aliphatic carbocycles. The average Bonchev–Trinajstić information content (AvgIpc) is 2.82. The van der Waals surface area contributed by atoms with E-state index in [4.69, 9.17) is 0 Å². The largest absolute Gasteiger partial charge is 0.508 e. The van der Waals surface area contributed by atoms with Gasteiger partial charge in [-0.1, -0.05) is 42.8 Å². The smallest absolute Gasteiger partial charge is 0.305 e. The molecule has 0 saturated carbocycles. The number of aliphatic imine (C=N–C) groups is 1. The molecule has 2 unspecified atom stereocenters. The van der Waals surface area contributed by atoms with Crippen molar-refractivity contribution in [1.82, 2.24) is 16.0 Å². The van der Waals surface area contributed by atoms with Crippen LogP contribution in [0.15, 0.2) is 45.9 Å². The highest BCUT2D eigenvalue weighted by Crippen LogP contribution is 2.30. The molecule has 11 nitrogen and oxygen atoms in total. The molecule has 38 heavy (non-hydrogen) atoms. The zero-order valence-electron chi connectivity index (χ0n) is 21.3. The normalized spacial score (nSPS) is 16.0. The van der Waals surface area contributed by atoms with E-state index in [1.807, 2.05) is 32.9 Å². The average molecular weight is 590 g/mol. The van der Waals surface area contributed by atoms with Crippen molar-refractivity contribution in [2.75, 3.05) is 25.0 Å². The molecule has 0 fully saturated rings. The first kappa shape index (κ1) is 28.9. The van der Waals surface area contributed by atoms with Crippen molar-refractivity contribution in [2.45, 2.75) is 44.8 Å². The van der Waals surface area contributed by atoms with Gasteiger partial charge in [-0.3, -0.25) is 19.4 Å². The van der Waals surface area contributed by atoms with E-state index in [0.717, 1.165) is 10.0 Å². The van der Waals surface area contributed by atoms with Crippen LogP contribution in [0.25, 0.3) is 0 Å². The monoisotopic (exact) mass is 589 g/mol. The quantitative estimate of drug-likeness (QED) is 0.245. The number of nitrogens with zero attached hydrogens (tertiary/aromatic N) is 1. The number of benzene rings is 2. The number of carboxylic acids is 1. The molecule has 2 aromatic rings. The van der Waals surface area contributed by atoms with Crippen molar-refractivity contribution in [3.05, 3.63) is 57.6 Å². The molecule has 0 radical (unpaired) electrons. The van der Waals surface area contributed by atoms with E-state index in [1.165, 1.54) is 18.2 Å². The van der Waals surface area contributed by atoms with E-state index >= 15 is 0 Å². The molecule has 2 aromatic carbocycles. The molecule has 3 rings (SSSR count). The van der Waals surface area contributed by atoms with Crippen LogP contribution in [0.1, 0.15) is 54.7 Å². The Hall–Kier alpha value is -3.64. The number of amides is 2. The number of carbonyl (C=O) groups excluding carboxylic acids is 2. The SMILES string of the molecule is CC(C)(C)c1cc(Br)cc(C(CC(=O)O)NC(=O)CNC(=O)c2cc(O)cc(NC3=NCC(O)CN3)c2)c1. The van der Waals surface area contributed by atoms with Gasteiger partial charge >= 0.3 is 5.97 Å². The number of β-amino-alcohol motifs (C(OH)–C–C–N with tert-alkyl or cyclic N) is 1. The van der Waals surface area contributed by atoms with Gasteiger partial charge in [-0.05, 0) is 40.8 Å². The fourth-order valence-corrected chi connectivity index (χ4v) is 4.26. The van der Waals surface area contributed by atoms with Crippen molar-refractivity contribution in [2.24, 2.45) is 4.99 Å². The molecule has 0 aromatic heterocycles. The number of phenolic OH excluding ortho intramolecular Hbond substituents is 1. The van der Waals surface area contributed by atoms with Crippen LogP contribution in [0.4, 0.5) is 5.69 Å². The highest BCUT2D eigenvalue weighted by Gasteiger charge is 2.22. The zero-order valence-corrected chi connectivity index (χ0v) is 22.9. The Balaban J connectivity index is 1.67. The molecule has 12 heteroatoms. The van der Waals surface area contributed by atoms with Crippen LogP contribution < -0.4 is 21.3 Å². The van der Waals surface area contributed by atoms with E-state index in [0.29, 0.717) is 23.8 Å². The van der Waals surface area contributed by atoms with Crippen LogP contribution in [0, 0.1) is 0 Å². The molecule has 7 N–H and O–H groups in total. The molecule has 2 amide bonds. The van der Waals surface area contributed by atoms with Gasteiger partial charge in [0.1, 0.15) is 5.75 Å². The second-order valence-electron chi connectivity index (χ2n) is 10.0. The summed E-state index contributed by atoms with van der Waals surface area (Å²) in [4.78, 5) is 41.1. The number of carbonyl (C=O) groups is 3. The van der Waals surface area contributed by atoms with Gasteiger partial charge in [-0.25, -0.2) is 0 Å². The minimum absolute atomic E-state index is 0.0978. The van der Waals surface area contributed by atoms with Crippen LogP contribution in [0.5, 0.6) is 5.75 Å². The lowest BCUT2D eigenvalue weighted by Gasteiger charge is -2.24. The number of phenols is 1. The first-order valence-electron chi connectivity index (χ1n) is 12.0. The number of aromatic hydroxyl groups is 1. The molecular weight excluding hydrogens is 558 g/mol. The lowest BCUT2D eigenvalue weighted by molar-refractivity contribution is -0.137. The lowest BCUT2D eigenvalue weighted by atomic mass is 9.85. The van der Waals surface area contributed by atoms with E-state index < -0.39 is 36.5 Å². The molecule has 2 atom stereocenters. The molecular formula is C26H32BrN5O6. The molecule has 1 aliphatic heterocycles. The first-order valence-corrected chi connectivity index (χ1v) is 12.8. The van der Waals surface area contributed by atoms with E-state index in [9.17, 15) is 29.7 Å². The second-order valence-corrected chi connectivity index (χ2v) is 11.0. The summed E-state index contributed by atoms with van der Waals surface area (Å²) in [5.74, 6) is -2.05. The third-order valence-corrected chi connectivity index (χ3v) is 6.18. The summed E-state index contributed by atoms with van der Waals surface area (Å²) in [5, 5.41) is 40.0. The van der Waals surface area contributed by atoms with Gasteiger partial charge in [0.05, 0.1) is 31.7 Å². The Bertz CT molecular complexity index is 1240. The minimum Gasteiger partial charge on any atom is -0.508 e. The topological polar surface area (TPSA) is 172 Å². The van der Waals surface area contributed by atoms with Crippen LogP contribution >= 0.6 is 15.9 Å². The Kier molecular flexibility index (Phi) is 9.34. The number of carboxylic acid groups (broad SMARTS) is 1. The maximum atomic E-state index is 12.7. The van der Waals surface area contributed by atoms with Gasteiger partial charge in [0.2, 0.25) is 5.91 Å². The summed E-state index contributed by atoms with van der Waals surface area (Å²) in [7, 11) is 0. The number of aliphatic hydroxyl groups excluding tert-OH is 1. The molecule has 0 bridgehead atoms. The standard InChI is InChI=1S/C26H32BrN5O6/c1-26(2,3)16-4-14(5-17(27)8-16)21(10-23(36)37)32-22(35)13-28-24(38)15-6-18(9-19(33)7-15)31-25-29-11-20(34)12-30-25/h4-9,20-21,33-34H,10-13H2,1-3H3,(H,28,38)(H,32,35)(H,36,37)(H2,29,30,31). The van der Waals surface area contributed by atoms with Crippen LogP contribution in [-0.2, 0) is 15.0 Å². The number of rotatable bonds is 8. The van der Waals surface area contributed by atoms with Gasteiger partial charge in [-0.15, -0.1) is 0 Å². The third-order valence-electron chi connectivity index (χ3n) is 5.72. The van der Waals surface area contributed by atoms with E-state index in [1.54, 1.807) is 6.07 Å². The third kappa shape index (κ3) is 8.45. The van der Waals surface area contributed by atoms with Crippen LogP contribution in [0.2, 0.25) is 0 Å². The number of aliphatic hydroxyl groups is 1. The predicted octanol–water partition coefficient (Wildman–Crippen LogP) is 2.25. The molecule has 1 heterocycles. The Labute approximate surface area is 228 Å². The van der Waals surface area contributed by atoms with Crippen LogP contribution in [-0.4, -0.2) is 64.8 Å². The fraction of sp³-hybridized carbons (Fsp3) is 0.385. The van der Waals surface area contributed by atoms with Crippen molar-refractivity contribution >= 4 is 45.4 Å².